The number of nitrogens with one attached hydrogen (secondary N) is 2. The number of barbiturate groups is 1. The Morgan fingerprint density at radius 3 is 2.28 bits per heavy atom. The maximum absolute atomic E-state index is 12.7. The Labute approximate surface area is 146 Å². The first-order valence-electron chi connectivity index (χ1n) is 8.30. The predicted octanol–water partition coefficient (Wildman–Crippen LogP) is 2.46. The van der Waals surface area contributed by atoms with E-state index in [-0.39, 0.29) is 18.6 Å². The molecule has 132 valence electrons. The number of hydrogen-bond donors (Lipinski definition) is 2. The highest BCUT2D eigenvalue weighted by Crippen LogP contribution is 2.44. The van der Waals surface area contributed by atoms with E-state index >= 15 is 0 Å². The van der Waals surface area contributed by atoms with Crippen LogP contribution in [0.5, 0.6) is 0 Å². The van der Waals surface area contributed by atoms with Crippen LogP contribution in [0.25, 0.3) is 0 Å². The minimum atomic E-state index is -1.58. The average molecular weight is 342 g/mol. The van der Waals surface area contributed by atoms with Crippen molar-refractivity contribution < 1.29 is 19.2 Å². The van der Waals surface area contributed by atoms with E-state index in [4.69, 9.17) is 0 Å². The monoisotopic (exact) mass is 342 g/mol. The molecular weight excluding hydrogens is 320 g/mol. The number of Topliss-reactive ketones (excluding diaryl/α,β-unsaturated/α-hetero) is 1. The van der Waals surface area contributed by atoms with Gasteiger partial charge in [-0.05, 0) is 18.4 Å². The van der Waals surface area contributed by atoms with Crippen LogP contribution in [0.4, 0.5) is 4.79 Å². The summed E-state index contributed by atoms with van der Waals surface area (Å²) in [5.74, 6) is -2.10. The number of urea groups is 1. The minimum absolute atomic E-state index is 0.0247. The summed E-state index contributed by atoms with van der Waals surface area (Å²) < 4.78 is 0. The molecule has 2 rings (SSSR count). The lowest BCUT2D eigenvalue weighted by Gasteiger charge is -2.39. The van der Waals surface area contributed by atoms with Crippen molar-refractivity contribution in [2.24, 2.45) is 5.41 Å². The standard InChI is InChI=1S/C19H22N2O4/c1-3-8-14(22)12-15(13-9-6-5-7-10-13)19(11-4-2)16(23)20-18(25)21-17(19)24/h4-7,9-10,15H,2-3,8,11-12H2,1H3,(H2,20,21,23,24,25). The van der Waals surface area contributed by atoms with E-state index in [1.807, 2.05) is 13.0 Å². The van der Waals surface area contributed by atoms with E-state index in [1.54, 1.807) is 24.3 Å². The Balaban J connectivity index is 2.55. The van der Waals surface area contributed by atoms with Crippen molar-refractivity contribution in [2.45, 2.75) is 38.5 Å². The lowest BCUT2D eigenvalue weighted by atomic mass is 9.65. The molecule has 1 aromatic rings. The third-order valence-electron chi connectivity index (χ3n) is 4.49. The summed E-state index contributed by atoms with van der Waals surface area (Å²) in [7, 11) is 0. The molecule has 6 nitrogen and oxygen atoms in total. The number of hydrogen-bond acceptors (Lipinski definition) is 4. The molecule has 0 spiro atoms. The second kappa shape index (κ2) is 7.88. The van der Waals surface area contributed by atoms with Crippen LogP contribution in [0.15, 0.2) is 43.0 Å². The number of rotatable bonds is 8. The molecule has 0 bridgehead atoms. The van der Waals surface area contributed by atoms with Crippen LogP contribution in [-0.4, -0.2) is 23.6 Å². The van der Waals surface area contributed by atoms with Crippen LogP contribution in [0, 0.1) is 5.41 Å². The first-order chi connectivity index (χ1) is 12.0. The van der Waals surface area contributed by atoms with Gasteiger partial charge < -0.3 is 0 Å². The zero-order chi connectivity index (χ0) is 18.4. The van der Waals surface area contributed by atoms with Gasteiger partial charge in [0, 0.05) is 18.8 Å². The number of carbonyl (C=O) groups excluding carboxylic acids is 4. The highest BCUT2D eigenvalue weighted by Gasteiger charge is 2.55. The average Bonchev–Trinajstić information content (AvgIpc) is 2.57. The molecule has 1 heterocycles. The number of allylic oxidation sites excluding steroid dienone is 1. The first kappa shape index (κ1) is 18.6. The lowest BCUT2D eigenvalue weighted by molar-refractivity contribution is -0.146. The number of amides is 4. The molecule has 6 heteroatoms. The fourth-order valence-corrected chi connectivity index (χ4v) is 3.31. The molecule has 1 saturated heterocycles. The van der Waals surface area contributed by atoms with Crippen LogP contribution < -0.4 is 10.6 Å². The maximum Gasteiger partial charge on any atom is 0.328 e. The van der Waals surface area contributed by atoms with E-state index in [0.717, 1.165) is 0 Å². The van der Waals surface area contributed by atoms with Gasteiger partial charge in [0.15, 0.2) is 0 Å². The van der Waals surface area contributed by atoms with Crippen LogP contribution >= 0.6 is 0 Å². The molecule has 0 aliphatic carbocycles. The Hall–Kier alpha value is -2.76. The van der Waals surface area contributed by atoms with E-state index in [2.05, 4.69) is 17.2 Å². The van der Waals surface area contributed by atoms with Gasteiger partial charge in [-0.3, -0.25) is 25.0 Å². The normalized spacial score (nSPS) is 17.4. The van der Waals surface area contributed by atoms with Crippen molar-refractivity contribution in [2.75, 3.05) is 0 Å². The summed E-state index contributed by atoms with van der Waals surface area (Å²) in [6.07, 6.45) is 2.59. The van der Waals surface area contributed by atoms with Crippen molar-refractivity contribution >= 4 is 23.6 Å². The Morgan fingerprint density at radius 1 is 1.16 bits per heavy atom. The molecule has 2 N–H and O–H groups in total. The van der Waals surface area contributed by atoms with Crippen molar-refractivity contribution in [1.82, 2.24) is 10.6 Å². The molecule has 25 heavy (non-hydrogen) atoms. The minimum Gasteiger partial charge on any atom is -0.300 e. The maximum atomic E-state index is 12.7. The lowest BCUT2D eigenvalue weighted by Crippen LogP contribution is -2.64. The van der Waals surface area contributed by atoms with Crippen molar-refractivity contribution in [3.05, 3.63) is 48.6 Å². The first-order valence-corrected chi connectivity index (χ1v) is 8.30. The summed E-state index contributed by atoms with van der Waals surface area (Å²) in [6, 6.07) is 8.12. The highest BCUT2D eigenvalue weighted by atomic mass is 16.2. The van der Waals surface area contributed by atoms with Crippen molar-refractivity contribution in [3.8, 4) is 0 Å². The topological polar surface area (TPSA) is 92.3 Å². The molecule has 1 atom stereocenters. The number of imide groups is 2. The number of carbonyl (C=O) groups is 4. The summed E-state index contributed by atoms with van der Waals surface area (Å²) in [4.78, 5) is 49.3. The summed E-state index contributed by atoms with van der Waals surface area (Å²) >= 11 is 0. The van der Waals surface area contributed by atoms with Crippen LogP contribution in [0.1, 0.15) is 44.1 Å². The molecule has 1 fully saturated rings. The van der Waals surface area contributed by atoms with Crippen LogP contribution in [-0.2, 0) is 14.4 Å². The number of ketones is 1. The van der Waals surface area contributed by atoms with Gasteiger partial charge in [-0.1, -0.05) is 43.3 Å². The Bertz CT molecular complexity index is 677. The zero-order valence-corrected chi connectivity index (χ0v) is 14.2. The van der Waals surface area contributed by atoms with Gasteiger partial charge in [0.25, 0.3) is 0 Å². The second-order valence-electron chi connectivity index (χ2n) is 6.16. The third-order valence-corrected chi connectivity index (χ3v) is 4.49. The van der Waals surface area contributed by atoms with Gasteiger partial charge in [-0.2, -0.15) is 0 Å². The molecular formula is C19H22N2O4. The fourth-order valence-electron chi connectivity index (χ4n) is 3.31. The SMILES string of the molecule is C=CCC1(C(CC(=O)CCC)c2ccccc2)C(=O)NC(=O)NC1=O. The molecule has 0 saturated carbocycles. The third kappa shape index (κ3) is 3.68. The predicted molar refractivity (Wildman–Crippen MR) is 92.6 cm³/mol. The van der Waals surface area contributed by atoms with Crippen LogP contribution in [0.2, 0.25) is 0 Å². The van der Waals surface area contributed by atoms with E-state index in [9.17, 15) is 19.2 Å². The zero-order valence-electron chi connectivity index (χ0n) is 14.2. The molecule has 1 aliphatic heterocycles. The van der Waals surface area contributed by atoms with Gasteiger partial charge in [0.1, 0.15) is 11.2 Å². The molecule has 1 unspecified atom stereocenters. The molecule has 1 aliphatic rings. The molecule has 1 aromatic carbocycles. The summed E-state index contributed by atoms with van der Waals surface area (Å²) in [5, 5.41) is 4.34. The van der Waals surface area contributed by atoms with Gasteiger partial charge >= 0.3 is 6.03 Å². The molecule has 4 amide bonds. The van der Waals surface area contributed by atoms with Gasteiger partial charge in [-0.15, -0.1) is 6.58 Å². The summed E-state index contributed by atoms with van der Waals surface area (Å²) in [6.45, 7) is 5.55. The fraction of sp³-hybridized carbons (Fsp3) is 0.368. The smallest absolute Gasteiger partial charge is 0.300 e. The quantitative estimate of drug-likeness (QED) is 0.561. The number of benzene rings is 1. The van der Waals surface area contributed by atoms with Gasteiger partial charge in [0.05, 0.1) is 0 Å². The second-order valence-corrected chi connectivity index (χ2v) is 6.16. The largest absolute Gasteiger partial charge is 0.328 e. The van der Waals surface area contributed by atoms with E-state index in [0.29, 0.717) is 18.4 Å². The van der Waals surface area contributed by atoms with Gasteiger partial charge in [0.2, 0.25) is 11.8 Å². The Kier molecular flexibility index (Phi) is 5.85. The van der Waals surface area contributed by atoms with E-state index in [1.165, 1.54) is 6.08 Å². The van der Waals surface area contributed by atoms with E-state index < -0.39 is 29.2 Å². The summed E-state index contributed by atoms with van der Waals surface area (Å²) in [5.41, 5.74) is -0.881. The van der Waals surface area contributed by atoms with Crippen LogP contribution in [0.3, 0.4) is 0 Å². The molecule has 0 radical (unpaired) electrons. The highest BCUT2D eigenvalue weighted by molar-refractivity contribution is 6.20. The van der Waals surface area contributed by atoms with Crippen molar-refractivity contribution in [1.29, 1.82) is 0 Å². The van der Waals surface area contributed by atoms with Gasteiger partial charge in [-0.25, -0.2) is 4.79 Å². The molecule has 0 aromatic heterocycles. The van der Waals surface area contributed by atoms with Crippen molar-refractivity contribution in [3.63, 3.8) is 0 Å². The Morgan fingerprint density at radius 2 is 1.76 bits per heavy atom.